The van der Waals surface area contributed by atoms with Crippen LogP contribution in [0.1, 0.15) is 23.3 Å². The van der Waals surface area contributed by atoms with Gasteiger partial charge in [-0.15, -0.1) is 0 Å². The van der Waals surface area contributed by atoms with E-state index < -0.39 is 0 Å². The highest BCUT2D eigenvalue weighted by molar-refractivity contribution is 5.74. The van der Waals surface area contributed by atoms with Crippen LogP contribution in [-0.2, 0) is 13.1 Å². The molecular formula is C18H23N3O2. The van der Waals surface area contributed by atoms with Gasteiger partial charge in [-0.25, -0.2) is 4.79 Å². The second kappa shape index (κ2) is 7.33. The fourth-order valence-corrected chi connectivity index (χ4v) is 2.86. The summed E-state index contributed by atoms with van der Waals surface area (Å²) >= 11 is 0. The molecule has 2 aromatic rings. The molecule has 5 nitrogen and oxygen atoms in total. The molecule has 0 radical (unpaired) electrons. The summed E-state index contributed by atoms with van der Waals surface area (Å²) in [5.74, 6) is 0.757. The van der Waals surface area contributed by atoms with E-state index in [-0.39, 0.29) is 12.1 Å². The molecule has 5 heteroatoms. The molecule has 1 aromatic carbocycles. The van der Waals surface area contributed by atoms with E-state index in [4.69, 9.17) is 4.42 Å². The smallest absolute Gasteiger partial charge is 0.315 e. The summed E-state index contributed by atoms with van der Waals surface area (Å²) in [5, 5.41) is 5.85. The number of furan rings is 1. The van der Waals surface area contributed by atoms with Crippen LogP contribution in [0.4, 0.5) is 4.79 Å². The average molecular weight is 313 g/mol. The second-order valence-corrected chi connectivity index (χ2v) is 6.11. The Labute approximate surface area is 136 Å². The molecule has 1 saturated heterocycles. The molecule has 1 aliphatic rings. The van der Waals surface area contributed by atoms with Gasteiger partial charge < -0.3 is 15.1 Å². The first-order chi connectivity index (χ1) is 11.2. The Kier molecular flexibility index (Phi) is 4.98. The third-order valence-corrected chi connectivity index (χ3v) is 4.14. The number of likely N-dealkylation sites (tertiary alicyclic amines) is 1. The fraction of sp³-hybridized carbons (Fsp3) is 0.389. The average Bonchev–Trinajstić information content (AvgIpc) is 3.20. The van der Waals surface area contributed by atoms with Crippen molar-refractivity contribution < 1.29 is 9.21 Å². The number of hydrogen-bond acceptors (Lipinski definition) is 3. The van der Waals surface area contributed by atoms with Crippen LogP contribution in [0.15, 0.2) is 47.1 Å². The van der Waals surface area contributed by atoms with Crippen molar-refractivity contribution >= 4 is 6.03 Å². The Bertz CT molecular complexity index is 622. The van der Waals surface area contributed by atoms with Gasteiger partial charge in [0.15, 0.2) is 0 Å². The molecule has 122 valence electrons. The van der Waals surface area contributed by atoms with E-state index in [2.05, 4.69) is 46.7 Å². The minimum atomic E-state index is -0.136. The van der Waals surface area contributed by atoms with Gasteiger partial charge in [-0.05, 0) is 31.0 Å². The normalized spacial score (nSPS) is 18.0. The number of nitrogens with zero attached hydrogens (tertiary/aromatic N) is 1. The molecule has 1 aromatic heterocycles. The van der Waals surface area contributed by atoms with Gasteiger partial charge in [0.2, 0.25) is 0 Å². The Morgan fingerprint density at radius 3 is 2.87 bits per heavy atom. The van der Waals surface area contributed by atoms with Gasteiger partial charge in [0.25, 0.3) is 0 Å². The van der Waals surface area contributed by atoms with E-state index in [1.165, 1.54) is 11.1 Å². The van der Waals surface area contributed by atoms with Crippen LogP contribution >= 0.6 is 0 Å². The quantitative estimate of drug-likeness (QED) is 0.892. The Hall–Kier alpha value is -2.27. The van der Waals surface area contributed by atoms with Crippen LogP contribution in [-0.4, -0.2) is 30.1 Å². The van der Waals surface area contributed by atoms with Crippen molar-refractivity contribution in [2.45, 2.75) is 32.5 Å². The number of hydrogen-bond donors (Lipinski definition) is 2. The van der Waals surface area contributed by atoms with E-state index in [9.17, 15) is 4.79 Å². The van der Waals surface area contributed by atoms with Crippen molar-refractivity contribution in [2.75, 3.05) is 13.1 Å². The van der Waals surface area contributed by atoms with Crippen LogP contribution in [0, 0.1) is 6.92 Å². The largest absolute Gasteiger partial charge is 0.467 e. The van der Waals surface area contributed by atoms with Gasteiger partial charge in [0.1, 0.15) is 5.76 Å². The summed E-state index contributed by atoms with van der Waals surface area (Å²) in [7, 11) is 0. The summed E-state index contributed by atoms with van der Waals surface area (Å²) in [4.78, 5) is 14.3. The third-order valence-electron chi connectivity index (χ3n) is 4.14. The summed E-state index contributed by atoms with van der Waals surface area (Å²) in [6.07, 6.45) is 2.59. The fourth-order valence-electron chi connectivity index (χ4n) is 2.86. The first-order valence-electron chi connectivity index (χ1n) is 8.04. The molecule has 0 bridgehead atoms. The van der Waals surface area contributed by atoms with E-state index in [1.54, 1.807) is 6.26 Å². The van der Waals surface area contributed by atoms with Crippen LogP contribution in [0.25, 0.3) is 0 Å². The lowest BCUT2D eigenvalue weighted by atomic mass is 10.1. The molecular weight excluding hydrogens is 290 g/mol. The maximum atomic E-state index is 11.9. The van der Waals surface area contributed by atoms with Gasteiger partial charge in [0.05, 0.1) is 12.8 Å². The number of nitrogens with one attached hydrogen (secondary N) is 2. The molecule has 2 amide bonds. The molecule has 23 heavy (non-hydrogen) atoms. The number of carbonyl (C=O) groups excluding carboxylic acids is 1. The zero-order valence-corrected chi connectivity index (χ0v) is 13.4. The lowest BCUT2D eigenvalue weighted by Crippen LogP contribution is -2.42. The maximum absolute atomic E-state index is 11.9. The van der Waals surface area contributed by atoms with Crippen LogP contribution < -0.4 is 10.6 Å². The third kappa shape index (κ3) is 4.60. The summed E-state index contributed by atoms with van der Waals surface area (Å²) in [5.41, 5.74) is 2.60. The summed E-state index contributed by atoms with van der Waals surface area (Å²) in [6.45, 7) is 5.35. The van der Waals surface area contributed by atoms with Gasteiger partial charge in [0, 0.05) is 25.7 Å². The minimum absolute atomic E-state index is 0.136. The molecule has 1 fully saturated rings. The van der Waals surface area contributed by atoms with Crippen LogP contribution in [0.3, 0.4) is 0 Å². The molecule has 3 rings (SSSR count). The predicted molar refractivity (Wildman–Crippen MR) is 88.9 cm³/mol. The SMILES string of the molecule is Cc1ccc(CN2CCC(NC(=O)NCc3ccco3)C2)cc1. The van der Waals surface area contributed by atoms with E-state index in [0.717, 1.165) is 31.8 Å². The Morgan fingerprint density at radius 2 is 2.13 bits per heavy atom. The molecule has 0 aliphatic carbocycles. The number of amides is 2. The summed E-state index contributed by atoms with van der Waals surface area (Å²) in [6, 6.07) is 12.4. The van der Waals surface area contributed by atoms with E-state index in [1.807, 2.05) is 12.1 Å². The van der Waals surface area contributed by atoms with Crippen molar-refractivity contribution in [2.24, 2.45) is 0 Å². The molecule has 1 unspecified atom stereocenters. The summed E-state index contributed by atoms with van der Waals surface area (Å²) < 4.78 is 5.19. The minimum Gasteiger partial charge on any atom is -0.467 e. The lowest BCUT2D eigenvalue weighted by molar-refractivity contribution is 0.234. The number of urea groups is 1. The van der Waals surface area contributed by atoms with Crippen molar-refractivity contribution in [1.29, 1.82) is 0 Å². The Morgan fingerprint density at radius 1 is 1.30 bits per heavy atom. The number of carbonyl (C=O) groups is 1. The Balaban J connectivity index is 1.40. The van der Waals surface area contributed by atoms with Gasteiger partial charge in [-0.1, -0.05) is 29.8 Å². The molecule has 0 saturated carbocycles. The van der Waals surface area contributed by atoms with Crippen molar-refractivity contribution in [3.63, 3.8) is 0 Å². The van der Waals surface area contributed by atoms with Gasteiger partial charge in [-0.2, -0.15) is 0 Å². The highest BCUT2D eigenvalue weighted by Gasteiger charge is 2.23. The monoisotopic (exact) mass is 313 g/mol. The van der Waals surface area contributed by atoms with E-state index >= 15 is 0 Å². The predicted octanol–water partition coefficient (Wildman–Crippen LogP) is 2.66. The topological polar surface area (TPSA) is 57.5 Å². The highest BCUT2D eigenvalue weighted by atomic mass is 16.3. The first-order valence-corrected chi connectivity index (χ1v) is 8.04. The van der Waals surface area contributed by atoms with Gasteiger partial charge in [-0.3, -0.25) is 4.90 Å². The van der Waals surface area contributed by atoms with Crippen molar-refractivity contribution in [3.8, 4) is 0 Å². The van der Waals surface area contributed by atoms with Crippen molar-refractivity contribution in [1.82, 2.24) is 15.5 Å². The zero-order valence-electron chi connectivity index (χ0n) is 13.4. The number of rotatable bonds is 5. The van der Waals surface area contributed by atoms with Crippen LogP contribution in [0.5, 0.6) is 0 Å². The number of benzene rings is 1. The maximum Gasteiger partial charge on any atom is 0.315 e. The first kappa shape index (κ1) is 15.6. The molecule has 1 atom stereocenters. The van der Waals surface area contributed by atoms with E-state index in [0.29, 0.717) is 6.54 Å². The van der Waals surface area contributed by atoms with Gasteiger partial charge >= 0.3 is 6.03 Å². The lowest BCUT2D eigenvalue weighted by Gasteiger charge is -2.17. The molecule has 2 heterocycles. The standard InChI is InChI=1S/C18H23N3O2/c1-14-4-6-15(7-5-14)12-21-9-8-16(13-21)20-18(22)19-11-17-3-2-10-23-17/h2-7,10,16H,8-9,11-13H2,1H3,(H2,19,20,22). The van der Waals surface area contributed by atoms with Crippen LogP contribution in [0.2, 0.25) is 0 Å². The molecule has 1 aliphatic heterocycles. The van der Waals surface area contributed by atoms with Crippen molar-refractivity contribution in [3.05, 3.63) is 59.5 Å². The second-order valence-electron chi connectivity index (χ2n) is 6.11. The number of aryl methyl sites for hydroxylation is 1. The highest BCUT2D eigenvalue weighted by Crippen LogP contribution is 2.14. The zero-order chi connectivity index (χ0) is 16.1. The molecule has 0 spiro atoms. The molecule has 2 N–H and O–H groups in total.